The maximum Gasteiger partial charge on any atom is 0.271 e. The molecule has 4 rings (SSSR count). The molecule has 1 aromatic carbocycles. The fourth-order valence-corrected chi connectivity index (χ4v) is 4.68. The number of aromatic nitrogens is 2. The van der Waals surface area contributed by atoms with Crippen LogP contribution in [0.15, 0.2) is 53.1 Å². The van der Waals surface area contributed by atoms with E-state index in [2.05, 4.69) is 13.8 Å². The number of hydrogen-bond donors (Lipinski definition) is 0. The third-order valence-electron chi connectivity index (χ3n) is 5.34. The maximum atomic E-state index is 13.1. The summed E-state index contributed by atoms with van der Waals surface area (Å²) in [6.45, 7) is 7.81. The van der Waals surface area contributed by atoms with Gasteiger partial charge in [0, 0.05) is 29.4 Å². The first-order chi connectivity index (χ1) is 14.9. The molecule has 6 nitrogen and oxygen atoms in total. The maximum absolute atomic E-state index is 13.1. The third kappa shape index (κ3) is 3.39. The molecule has 0 saturated carbocycles. The van der Waals surface area contributed by atoms with Crippen molar-refractivity contribution in [2.45, 2.75) is 33.6 Å². The lowest BCUT2D eigenvalue weighted by Crippen LogP contribution is -2.42. The summed E-state index contributed by atoms with van der Waals surface area (Å²) in [4.78, 5) is 31.5. The number of rotatable bonds is 4. The van der Waals surface area contributed by atoms with Crippen molar-refractivity contribution in [1.29, 1.82) is 5.26 Å². The Kier molecular flexibility index (Phi) is 5.34. The zero-order valence-corrected chi connectivity index (χ0v) is 18.7. The second-order valence-corrected chi connectivity index (χ2v) is 8.72. The normalized spacial score (nSPS) is 16.1. The number of para-hydroxylation sites is 1. The van der Waals surface area contributed by atoms with Gasteiger partial charge in [0.1, 0.15) is 11.6 Å². The fourth-order valence-electron chi connectivity index (χ4n) is 3.68. The average molecular weight is 431 g/mol. The molecule has 0 aliphatic carbocycles. The Morgan fingerprint density at radius 3 is 2.52 bits per heavy atom. The fraction of sp³-hybridized carbons (Fsp3) is 0.250. The standard InChI is InChI=1S/C24H22N4O2S/c1-5-27-23(29)18(15(4)19(13-25)24(27)30)11-17-12-20-21(26-22(31-20)14(2)3)28(17)16-9-7-6-8-10-16/h6-12,14H,5H2,1-4H3/b18-11-. The van der Waals surface area contributed by atoms with Crippen molar-refractivity contribution < 1.29 is 9.59 Å². The molecule has 0 bridgehead atoms. The summed E-state index contributed by atoms with van der Waals surface area (Å²) in [6, 6.07) is 13.8. The van der Waals surface area contributed by atoms with Gasteiger partial charge in [-0.1, -0.05) is 32.0 Å². The molecule has 0 spiro atoms. The van der Waals surface area contributed by atoms with E-state index in [0.717, 1.165) is 31.6 Å². The molecule has 0 radical (unpaired) electrons. The van der Waals surface area contributed by atoms with Crippen molar-refractivity contribution in [2.24, 2.45) is 0 Å². The summed E-state index contributed by atoms with van der Waals surface area (Å²) in [5.74, 6) is -0.604. The Labute approximate surface area is 184 Å². The van der Waals surface area contributed by atoms with Crippen LogP contribution in [0.5, 0.6) is 0 Å². The van der Waals surface area contributed by atoms with Crippen LogP contribution in [-0.4, -0.2) is 32.8 Å². The number of likely N-dealkylation sites (N-methyl/N-ethyl adjacent to an activating group) is 1. The number of hydrogen-bond acceptors (Lipinski definition) is 5. The summed E-state index contributed by atoms with van der Waals surface area (Å²) in [6.07, 6.45) is 1.76. The first kappa shape index (κ1) is 20.8. The summed E-state index contributed by atoms with van der Waals surface area (Å²) >= 11 is 1.63. The predicted molar refractivity (Wildman–Crippen MR) is 122 cm³/mol. The summed E-state index contributed by atoms with van der Waals surface area (Å²) < 4.78 is 3.04. The van der Waals surface area contributed by atoms with Crippen LogP contribution in [0.25, 0.3) is 22.1 Å². The van der Waals surface area contributed by atoms with Gasteiger partial charge in [-0.3, -0.25) is 19.1 Å². The van der Waals surface area contributed by atoms with Crippen LogP contribution >= 0.6 is 11.3 Å². The van der Waals surface area contributed by atoms with Crippen molar-refractivity contribution in [3.05, 3.63) is 63.8 Å². The van der Waals surface area contributed by atoms with Gasteiger partial charge < -0.3 is 0 Å². The van der Waals surface area contributed by atoms with Gasteiger partial charge in [0.15, 0.2) is 5.65 Å². The number of amides is 2. The van der Waals surface area contributed by atoms with Crippen molar-refractivity contribution in [3.63, 3.8) is 0 Å². The van der Waals surface area contributed by atoms with Gasteiger partial charge in [0.05, 0.1) is 9.71 Å². The molecule has 0 unspecified atom stereocenters. The quantitative estimate of drug-likeness (QED) is 0.439. The first-order valence-corrected chi connectivity index (χ1v) is 11.0. The Balaban J connectivity index is 1.98. The largest absolute Gasteiger partial charge is 0.294 e. The Hall–Kier alpha value is -3.50. The highest BCUT2D eigenvalue weighted by atomic mass is 32.1. The molecule has 0 saturated heterocycles. The zero-order valence-electron chi connectivity index (χ0n) is 17.8. The van der Waals surface area contributed by atoms with Crippen molar-refractivity contribution in [3.8, 4) is 11.8 Å². The van der Waals surface area contributed by atoms with Crippen molar-refractivity contribution in [1.82, 2.24) is 14.5 Å². The van der Waals surface area contributed by atoms with E-state index < -0.39 is 5.91 Å². The van der Waals surface area contributed by atoms with Crippen LogP contribution in [0, 0.1) is 11.3 Å². The lowest BCUT2D eigenvalue weighted by atomic mass is 9.94. The summed E-state index contributed by atoms with van der Waals surface area (Å²) in [5, 5.41) is 10.6. The number of thiazole rings is 1. The molecule has 2 aromatic heterocycles. The van der Waals surface area contributed by atoms with E-state index in [4.69, 9.17) is 4.98 Å². The van der Waals surface area contributed by atoms with Gasteiger partial charge in [-0.25, -0.2) is 4.98 Å². The molecular formula is C24H22N4O2S. The molecule has 156 valence electrons. The highest BCUT2D eigenvalue weighted by Crippen LogP contribution is 2.34. The first-order valence-electron chi connectivity index (χ1n) is 10.1. The van der Waals surface area contributed by atoms with Crippen molar-refractivity contribution >= 4 is 39.6 Å². The molecule has 0 N–H and O–H groups in total. The SMILES string of the molecule is CCN1C(=O)C(C#N)=C(C)/C(=C/c2cc3sc(C(C)C)nc3n2-c2ccccc2)C1=O. The molecule has 3 heterocycles. The summed E-state index contributed by atoms with van der Waals surface area (Å²) in [7, 11) is 0. The minimum absolute atomic E-state index is 0.00699. The molecule has 1 aliphatic heterocycles. The van der Waals surface area contributed by atoms with E-state index in [9.17, 15) is 14.9 Å². The van der Waals surface area contributed by atoms with E-state index in [1.165, 1.54) is 0 Å². The number of nitrogens with zero attached hydrogens (tertiary/aromatic N) is 4. The average Bonchev–Trinajstić information content (AvgIpc) is 3.30. The Morgan fingerprint density at radius 1 is 1.19 bits per heavy atom. The van der Waals surface area contributed by atoms with Crippen LogP contribution in [-0.2, 0) is 9.59 Å². The van der Waals surface area contributed by atoms with E-state index in [1.807, 2.05) is 47.0 Å². The van der Waals surface area contributed by atoms with E-state index in [-0.39, 0.29) is 18.0 Å². The molecular weight excluding hydrogens is 408 g/mol. The monoisotopic (exact) mass is 430 g/mol. The van der Waals surface area contributed by atoms with Crippen molar-refractivity contribution in [2.75, 3.05) is 6.54 Å². The van der Waals surface area contributed by atoms with Gasteiger partial charge >= 0.3 is 0 Å². The van der Waals surface area contributed by atoms with Gasteiger partial charge in [-0.2, -0.15) is 5.26 Å². The highest BCUT2D eigenvalue weighted by molar-refractivity contribution is 7.18. The Morgan fingerprint density at radius 2 is 1.90 bits per heavy atom. The Bertz CT molecular complexity index is 1300. The molecule has 0 atom stereocenters. The molecule has 1 aliphatic rings. The minimum atomic E-state index is -0.535. The van der Waals surface area contributed by atoms with Crippen LogP contribution in [0.3, 0.4) is 0 Å². The number of nitriles is 1. The highest BCUT2D eigenvalue weighted by Gasteiger charge is 2.34. The zero-order chi connectivity index (χ0) is 22.3. The molecule has 0 fully saturated rings. The second kappa shape index (κ2) is 7.97. The summed E-state index contributed by atoms with van der Waals surface area (Å²) in [5.41, 5.74) is 3.30. The number of benzene rings is 1. The van der Waals surface area contributed by atoms with Crippen LogP contribution in [0.2, 0.25) is 0 Å². The van der Waals surface area contributed by atoms with Gasteiger partial charge in [0.25, 0.3) is 11.8 Å². The number of carbonyl (C=O) groups excluding carboxylic acids is 2. The van der Waals surface area contributed by atoms with E-state index >= 15 is 0 Å². The molecule has 7 heteroatoms. The lowest BCUT2D eigenvalue weighted by molar-refractivity contribution is -0.140. The molecule has 2 amide bonds. The molecule has 31 heavy (non-hydrogen) atoms. The van der Waals surface area contributed by atoms with E-state index in [0.29, 0.717) is 17.1 Å². The van der Waals surface area contributed by atoms with Gasteiger partial charge in [0.2, 0.25) is 0 Å². The van der Waals surface area contributed by atoms with E-state index in [1.54, 1.807) is 31.3 Å². The lowest BCUT2D eigenvalue weighted by Gasteiger charge is -2.26. The van der Waals surface area contributed by atoms with Gasteiger partial charge in [-0.05, 0) is 43.7 Å². The number of carbonyl (C=O) groups is 2. The van der Waals surface area contributed by atoms with Crippen LogP contribution in [0.1, 0.15) is 44.3 Å². The molecule has 3 aromatic rings. The third-order valence-corrected chi connectivity index (χ3v) is 6.63. The second-order valence-electron chi connectivity index (χ2n) is 7.66. The van der Waals surface area contributed by atoms with Gasteiger partial charge in [-0.15, -0.1) is 11.3 Å². The number of fused-ring (bicyclic) bond motifs is 1. The smallest absolute Gasteiger partial charge is 0.271 e. The minimum Gasteiger partial charge on any atom is -0.294 e. The van der Waals surface area contributed by atoms with Crippen LogP contribution in [0.4, 0.5) is 0 Å². The number of imide groups is 1. The predicted octanol–water partition coefficient (Wildman–Crippen LogP) is 4.82. The topological polar surface area (TPSA) is 79.0 Å². The van der Waals surface area contributed by atoms with Crippen LogP contribution < -0.4 is 0 Å².